The highest BCUT2D eigenvalue weighted by Gasteiger charge is 2.22. The van der Waals surface area contributed by atoms with E-state index in [0.29, 0.717) is 23.9 Å². The zero-order chi connectivity index (χ0) is 23.3. The molecule has 8 nitrogen and oxygen atoms in total. The summed E-state index contributed by atoms with van der Waals surface area (Å²) in [6.45, 7) is 9.23. The van der Waals surface area contributed by atoms with Crippen molar-refractivity contribution in [3.63, 3.8) is 0 Å². The van der Waals surface area contributed by atoms with Crippen LogP contribution in [0.3, 0.4) is 0 Å². The van der Waals surface area contributed by atoms with Crippen LogP contribution in [0.15, 0.2) is 40.4 Å². The van der Waals surface area contributed by atoms with E-state index in [1.807, 2.05) is 51.0 Å². The van der Waals surface area contributed by atoms with Crippen LogP contribution in [0.25, 0.3) is 0 Å². The summed E-state index contributed by atoms with van der Waals surface area (Å²) in [5.74, 6) is 1.11. The first-order chi connectivity index (χ1) is 14.5. The van der Waals surface area contributed by atoms with Crippen molar-refractivity contribution >= 4 is 40.0 Å². The van der Waals surface area contributed by atoms with Gasteiger partial charge in [0, 0.05) is 59.1 Å². The zero-order valence-corrected chi connectivity index (χ0v) is 23.5. The second kappa shape index (κ2) is 12.0. The van der Waals surface area contributed by atoms with Gasteiger partial charge < -0.3 is 10.2 Å². The minimum atomic E-state index is -3.48. The molecular weight excluding hydrogens is 539 g/mol. The fourth-order valence-corrected chi connectivity index (χ4v) is 4.65. The Morgan fingerprint density at radius 2 is 1.75 bits per heavy atom. The van der Waals surface area contributed by atoms with Crippen molar-refractivity contribution in [3.8, 4) is 0 Å². The average molecular weight is 577 g/mol. The number of hydrogen-bond donors (Lipinski definition) is 1. The standard InChI is InChI=1S/C22H36N6O2S.HI/c1-16(2)21-19(15-27(7)25-21)14-26(6)22(23-5)24-13-18-9-11-20(12-10-18)31(29,30)28(8)17(3)4;/h9-12,15-17H,13-14H2,1-8H3,(H,23,24);1H. The molecule has 0 saturated heterocycles. The summed E-state index contributed by atoms with van der Waals surface area (Å²) in [5.41, 5.74) is 3.24. The molecule has 1 aromatic carbocycles. The van der Waals surface area contributed by atoms with Gasteiger partial charge in [-0.15, -0.1) is 24.0 Å². The van der Waals surface area contributed by atoms with Gasteiger partial charge >= 0.3 is 0 Å². The molecule has 0 fully saturated rings. The average Bonchev–Trinajstić information content (AvgIpc) is 3.08. The van der Waals surface area contributed by atoms with Crippen LogP contribution in [0.4, 0.5) is 0 Å². The summed E-state index contributed by atoms with van der Waals surface area (Å²) < 4.78 is 28.5. The van der Waals surface area contributed by atoms with Crippen molar-refractivity contribution < 1.29 is 8.42 Å². The van der Waals surface area contributed by atoms with Gasteiger partial charge in [0.1, 0.15) is 0 Å². The van der Waals surface area contributed by atoms with Crippen molar-refractivity contribution in [1.29, 1.82) is 0 Å². The Morgan fingerprint density at radius 1 is 1.16 bits per heavy atom. The first-order valence-electron chi connectivity index (χ1n) is 10.5. The molecule has 0 aliphatic heterocycles. The molecule has 0 radical (unpaired) electrons. The Hall–Kier alpha value is -1.66. The maximum Gasteiger partial charge on any atom is 0.243 e. The number of halogens is 1. The van der Waals surface area contributed by atoms with E-state index in [1.165, 1.54) is 9.87 Å². The smallest absolute Gasteiger partial charge is 0.243 e. The van der Waals surface area contributed by atoms with Crippen molar-refractivity contribution in [2.24, 2.45) is 12.0 Å². The number of rotatable bonds is 8. The molecular formula is C22H37IN6O2S. The zero-order valence-electron chi connectivity index (χ0n) is 20.3. The second-order valence-electron chi connectivity index (χ2n) is 8.38. The lowest BCUT2D eigenvalue weighted by Crippen LogP contribution is -2.38. The molecule has 32 heavy (non-hydrogen) atoms. The van der Waals surface area contributed by atoms with E-state index in [-0.39, 0.29) is 30.0 Å². The van der Waals surface area contributed by atoms with Gasteiger partial charge in [-0.2, -0.15) is 9.40 Å². The lowest BCUT2D eigenvalue weighted by Gasteiger charge is -2.23. The van der Waals surface area contributed by atoms with Crippen LogP contribution in [0.1, 0.15) is 50.4 Å². The van der Waals surface area contributed by atoms with Crippen LogP contribution in [-0.4, -0.2) is 60.5 Å². The topological polar surface area (TPSA) is 82.8 Å². The van der Waals surface area contributed by atoms with E-state index in [1.54, 1.807) is 26.2 Å². The number of aliphatic imine (C=N–C) groups is 1. The SMILES string of the molecule is CN=C(NCc1ccc(S(=O)(=O)N(C)C(C)C)cc1)N(C)Cc1cn(C)nc1C(C)C.I. The molecule has 0 atom stereocenters. The van der Waals surface area contributed by atoms with Crippen LogP contribution in [0.2, 0.25) is 0 Å². The number of hydrogen-bond acceptors (Lipinski definition) is 4. The quantitative estimate of drug-likeness (QED) is 0.296. The molecule has 2 aromatic rings. The third-order valence-electron chi connectivity index (χ3n) is 5.24. The molecule has 0 aliphatic carbocycles. The molecule has 0 amide bonds. The van der Waals surface area contributed by atoms with Gasteiger partial charge in [0.15, 0.2) is 5.96 Å². The lowest BCUT2D eigenvalue weighted by molar-refractivity contribution is 0.410. The molecule has 0 spiro atoms. The van der Waals surface area contributed by atoms with E-state index < -0.39 is 10.0 Å². The number of sulfonamides is 1. The molecule has 0 saturated carbocycles. The minimum absolute atomic E-state index is 0. The fraction of sp³-hybridized carbons (Fsp3) is 0.545. The monoisotopic (exact) mass is 576 g/mol. The molecule has 1 N–H and O–H groups in total. The van der Waals surface area contributed by atoms with Crippen molar-refractivity contribution in [1.82, 2.24) is 24.3 Å². The maximum atomic E-state index is 12.6. The predicted octanol–water partition coefficient (Wildman–Crippen LogP) is 3.40. The third kappa shape index (κ3) is 6.92. The highest BCUT2D eigenvalue weighted by atomic mass is 127. The highest BCUT2D eigenvalue weighted by molar-refractivity contribution is 14.0. The number of aryl methyl sites for hydroxylation is 1. The Labute approximate surface area is 210 Å². The first-order valence-corrected chi connectivity index (χ1v) is 11.9. The van der Waals surface area contributed by atoms with Crippen LogP contribution >= 0.6 is 24.0 Å². The van der Waals surface area contributed by atoms with Crippen LogP contribution < -0.4 is 5.32 Å². The number of aromatic nitrogens is 2. The molecule has 180 valence electrons. The summed E-state index contributed by atoms with van der Waals surface area (Å²) in [7, 11) is 3.80. The fourth-order valence-electron chi connectivity index (χ4n) is 3.28. The van der Waals surface area contributed by atoms with Gasteiger partial charge in [0.2, 0.25) is 10.0 Å². The number of nitrogens with zero attached hydrogens (tertiary/aromatic N) is 5. The normalized spacial score (nSPS) is 12.4. The van der Waals surface area contributed by atoms with Gasteiger partial charge in [0.25, 0.3) is 0 Å². The van der Waals surface area contributed by atoms with Gasteiger partial charge in [0.05, 0.1) is 10.6 Å². The number of guanidine groups is 1. The molecule has 1 heterocycles. The van der Waals surface area contributed by atoms with E-state index >= 15 is 0 Å². The molecule has 2 rings (SSSR count). The maximum absolute atomic E-state index is 12.6. The van der Waals surface area contributed by atoms with Crippen LogP contribution in [-0.2, 0) is 30.2 Å². The first kappa shape index (κ1) is 28.4. The van der Waals surface area contributed by atoms with Gasteiger partial charge in [-0.05, 0) is 37.5 Å². The van der Waals surface area contributed by atoms with Gasteiger partial charge in [-0.25, -0.2) is 8.42 Å². The van der Waals surface area contributed by atoms with E-state index in [4.69, 9.17) is 0 Å². The summed E-state index contributed by atoms with van der Waals surface area (Å²) >= 11 is 0. The molecule has 0 aliphatic rings. The van der Waals surface area contributed by atoms with E-state index in [0.717, 1.165) is 17.2 Å². The van der Waals surface area contributed by atoms with Crippen LogP contribution in [0.5, 0.6) is 0 Å². The van der Waals surface area contributed by atoms with E-state index in [9.17, 15) is 8.42 Å². The van der Waals surface area contributed by atoms with Crippen molar-refractivity contribution in [3.05, 3.63) is 47.3 Å². The minimum Gasteiger partial charge on any atom is -0.352 e. The van der Waals surface area contributed by atoms with Gasteiger partial charge in [-0.1, -0.05) is 26.0 Å². The Kier molecular flexibility index (Phi) is 10.6. The summed E-state index contributed by atoms with van der Waals surface area (Å²) in [5, 5.41) is 7.92. The highest BCUT2D eigenvalue weighted by Crippen LogP contribution is 2.19. The molecule has 10 heteroatoms. The van der Waals surface area contributed by atoms with Gasteiger partial charge in [-0.3, -0.25) is 9.67 Å². The number of benzene rings is 1. The molecule has 1 aromatic heterocycles. The predicted molar refractivity (Wildman–Crippen MR) is 141 cm³/mol. The van der Waals surface area contributed by atoms with Crippen LogP contribution in [0, 0.1) is 0 Å². The summed E-state index contributed by atoms with van der Waals surface area (Å²) in [6.07, 6.45) is 2.05. The number of nitrogens with one attached hydrogen (secondary N) is 1. The Bertz CT molecular complexity index is 1000. The molecule has 0 unspecified atom stereocenters. The lowest BCUT2D eigenvalue weighted by atomic mass is 10.1. The largest absolute Gasteiger partial charge is 0.352 e. The second-order valence-corrected chi connectivity index (χ2v) is 10.4. The Morgan fingerprint density at radius 3 is 2.25 bits per heavy atom. The van der Waals surface area contributed by atoms with Crippen molar-refractivity contribution in [2.45, 2.75) is 57.6 Å². The summed E-state index contributed by atoms with van der Waals surface area (Å²) in [4.78, 5) is 6.73. The third-order valence-corrected chi connectivity index (χ3v) is 7.29. The summed E-state index contributed by atoms with van der Waals surface area (Å²) in [6, 6.07) is 6.88. The van der Waals surface area contributed by atoms with Crippen molar-refractivity contribution in [2.75, 3.05) is 21.1 Å². The molecule has 0 bridgehead atoms. The van der Waals surface area contributed by atoms with E-state index in [2.05, 4.69) is 34.2 Å². The Balaban J connectivity index is 0.00000512.